The summed E-state index contributed by atoms with van der Waals surface area (Å²) in [6, 6.07) is 15.1. The van der Waals surface area contributed by atoms with Gasteiger partial charge in [-0.15, -0.1) is 0 Å². The Morgan fingerprint density at radius 3 is 2.24 bits per heavy atom. The van der Waals surface area contributed by atoms with Crippen LogP contribution < -0.4 is 15.4 Å². The first-order chi connectivity index (χ1) is 16.1. The Hall–Kier alpha value is -3.87. The molecule has 6 nitrogen and oxygen atoms in total. The molecule has 3 aromatic rings. The second-order valence-corrected chi connectivity index (χ2v) is 8.35. The van der Waals surface area contributed by atoms with Crippen molar-refractivity contribution in [3.63, 3.8) is 0 Å². The number of carboxylic acid groups (broad SMARTS) is 1. The molecule has 0 heterocycles. The number of anilines is 1. The van der Waals surface area contributed by atoms with Gasteiger partial charge >= 0.3 is 5.97 Å². The topological polar surface area (TPSA) is 87.7 Å². The van der Waals surface area contributed by atoms with Crippen molar-refractivity contribution in [2.24, 2.45) is 0 Å². The standard InChI is InChI=1S/C27H29FN2O4/c1-15-11-20(12-16(2)25(15)26(31)30-18(4)27(32)33)19-7-6-8-21(13-19)29-17(3)23-10-9-22(34-5)14-24(23)28/h6-14,17-18,29H,1-5H3,(H,30,31)(H,32,33). The van der Waals surface area contributed by atoms with Crippen LogP contribution in [0.25, 0.3) is 11.1 Å². The van der Waals surface area contributed by atoms with E-state index in [4.69, 9.17) is 9.84 Å². The van der Waals surface area contributed by atoms with Crippen molar-refractivity contribution in [3.8, 4) is 16.9 Å². The van der Waals surface area contributed by atoms with Crippen molar-refractivity contribution in [1.82, 2.24) is 5.32 Å². The molecule has 178 valence electrons. The minimum absolute atomic E-state index is 0.271. The predicted molar refractivity (Wildman–Crippen MR) is 131 cm³/mol. The van der Waals surface area contributed by atoms with Gasteiger partial charge in [-0.1, -0.05) is 30.3 Å². The van der Waals surface area contributed by atoms with Crippen molar-refractivity contribution in [2.75, 3.05) is 12.4 Å². The average molecular weight is 465 g/mol. The number of aliphatic carboxylic acids is 1. The molecule has 0 fully saturated rings. The van der Waals surface area contributed by atoms with E-state index in [0.29, 0.717) is 16.9 Å². The Bertz CT molecular complexity index is 1200. The first-order valence-electron chi connectivity index (χ1n) is 11.0. The van der Waals surface area contributed by atoms with Crippen molar-refractivity contribution < 1.29 is 23.8 Å². The van der Waals surface area contributed by atoms with Crippen LogP contribution in [0.4, 0.5) is 10.1 Å². The zero-order chi connectivity index (χ0) is 25.0. The Morgan fingerprint density at radius 2 is 1.65 bits per heavy atom. The van der Waals surface area contributed by atoms with Crippen LogP contribution in [-0.4, -0.2) is 30.1 Å². The lowest BCUT2D eigenvalue weighted by atomic mass is 9.94. The molecule has 3 rings (SSSR count). The molecule has 0 aliphatic carbocycles. The molecular formula is C27H29FN2O4. The summed E-state index contributed by atoms with van der Waals surface area (Å²) in [5.74, 6) is -1.38. The van der Waals surface area contributed by atoms with E-state index in [2.05, 4.69) is 10.6 Å². The smallest absolute Gasteiger partial charge is 0.325 e. The van der Waals surface area contributed by atoms with Crippen molar-refractivity contribution in [2.45, 2.75) is 39.8 Å². The highest BCUT2D eigenvalue weighted by molar-refractivity contribution is 5.99. The van der Waals surface area contributed by atoms with Gasteiger partial charge in [0.25, 0.3) is 5.91 Å². The molecule has 0 aliphatic rings. The molecule has 1 amide bonds. The fourth-order valence-electron chi connectivity index (χ4n) is 3.92. The Kier molecular flexibility index (Phi) is 7.56. The van der Waals surface area contributed by atoms with Crippen LogP contribution in [-0.2, 0) is 4.79 Å². The third-order valence-electron chi connectivity index (χ3n) is 5.73. The van der Waals surface area contributed by atoms with Crippen LogP contribution in [0.2, 0.25) is 0 Å². The van der Waals surface area contributed by atoms with Gasteiger partial charge in [0, 0.05) is 22.9 Å². The highest BCUT2D eigenvalue weighted by Crippen LogP contribution is 2.30. The van der Waals surface area contributed by atoms with Gasteiger partial charge < -0.3 is 20.5 Å². The van der Waals surface area contributed by atoms with Crippen molar-refractivity contribution >= 4 is 17.6 Å². The first-order valence-corrected chi connectivity index (χ1v) is 11.0. The Balaban J connectivity index is 1.84. The molecular weight excluding hydrogens is 435 g/mol. The van der Waals surface area contributed by atoms with E-state index in [1.165, 1.54) is 20.1 Å². The lowest BCUT2D eigenvalue weighted by molar-refractivity contribution is -0.138. The van der Waals surface area contributed by atoms with Gasteiger partial charge in [0.05, 0.1) is 13.2 Å². The largest absolute Gasteiger partial charge is 0.497 e. The van der Waals surface area contributed by atoms with Crippen LogP contribution >= 0.6 is 0 Å². The monoisotopic (exact) mass is 464 g/mol. The minimum Gasteiger partial charge on any atom is -0.497 e. The second-order valence-electron chi connectivity index (χ2n) is 8.35. The molecule has 2 atom stereocenters. The number of methoxy groups -OCH3 is 1. The first kappa shape index (κ1) is 24.8. The molecule has 0 saturated carbocycles. The maximum absolute atomic E-state index is 14.5. The Morgan fingerprint density at radius 1 is 0.971 bits per heavy atom. The zero-order valence-electron chi connectivity index (χ0n) is 19.9. The van der Waals surface area contributed by atoms with E-state index in [9.17, 15) is 14.0 Å². The molecule has 0 aliphatic heterocycles. The van der Waals surface area contributed by atoms with Gasteiger partial charge in [0.1, 0.15) is 17.6 Å². The average Bonchev–Trinajstić information content (AvgIpc) is 2.78. The maximum Gasteiger partial charge on any atom is 0.325 e. The van der Waals surface area contributed by atoms with Crippen LogP contribution in [0.1, 0.15) is 46.9 Å². The molecule has 0 radical (unpaired) electrons. The second kappa shape index (κ2) is 10.4. The number of aryl methyl sites for hydroxylation is 2. The molecule has 3 aromatic carbocycles. The third-order valence-corrected chi connectivity index (χ3v) is 5.73. The molecule has 0 saturated heterocycles. The molecule has 3 N–H and O–H groups in total. The molecule has 0 spiro atoms. The van der Waals surface area contributed by atoms with Crippen molar-refractivity contribution in [1.29, 1.82) is 0 Å². The third kappa shape index (κ3) is 5.54. The zero-order valence-corrected chi connectivity index (χ0v) is 19.9. The van der Waals surface area contributed by atoms with E-state index in [0.717, 1.165) is 27.9 Å². The number of hydrogen-bond donors (Lipinski definition) is 3. The number of benzene rings is 3. The summed E-state index contributed by atoms with van der Waals surface area (Å²) < 4.78 is 19.5. The van der Waals surface area contributed by atoms with Crippen LogP contribution in [0, 0.1) is 19.7 Å². The number of halogens is 1. The fourth-order valence-corrected chi connectivity index (χ4v) is 3.92. The minimum atomic E-state index is -1.09. The fraction of sp³-hybridized carbons (Fsp3) is 0.259. The molecule has 2 unspecified atom stereocenters. The molecule has 7 heteroatoms. The van der Waals surface area contributed by atoms with E-state index < -0.39 is 17.9 Å². The van der Waals surface area contributed by atoms with E-state index in [1.54, 1.807) is 12.1 Å². The predicted octanol–water partition coefficient (Wildman–Crippen LogP) is 5.49. The number of carbonyl (C=O) groups is 2. The van der Waals surface area contributed by atoms with Crippen LogP contribution in [0.5, 0.6) is 5.75 Å². The van der Waals surface area contributed by atoms with E-state index in [-0.39, 0.29) is 11.9 Å². The number of hydrogen-bond acceptors (Lipinski definition) is 4. The van der Waals surface area contributed by atoms with Gasteiger partial charge in [0.15, 0.2) is 0 Å². The van der Waals surface area contributed by atoms with Crippen LogP contribution in [0.15, 0.2) is 54.6 Å². The SMILES string of the molecule is COc1ccc(C(C)Nc2cccc(-c3cc(C)c(C(=O)NC(C)C(=O)O)c(C)c3)c2)c(F)c1. The summed E-state index contributed by atoms with van der Waals surface area (Å²) in [4.78, 5) is 23.7. The summed E-state index contributed by atoms with van der Waals surface area (Å²) in [6.07, 6.45) is 0. The van der Waals surface area contributed by atoms with Crippen molar-refractivity contribution in [3.05, 3.63) is 82.7 Å². The number of amides is 1. The Labute approximate surface area is 198 Å². The number of carboxylic acids is 1. The number of rotatable bonds is 8. The quantitative estimate of drug-likeness (QED) is 0.410. The summed E-state index contributed by atoms with van der Waals surface area (Å²) in [7, 11) is 1.50. The van der Waals surface area contributed by atoms with Crippen LogP contribution in [0.3, 0.4) is 0 Å². The summed E-state index contributed by atoms with van der Waals surface area (Å²) in [5, 5.41) is 14.9. The van der Waals surface area contributed by atoms with Gasteiger partial charge in [0.2, 0.25) is 0 Å². The van der Waals surface area contributed by atoms with Gasteiger partial charge in [-0.05, 0) is 68.1 Å². The number of nitrogens with one attached hydrogen (secondary N) is 2. The summed E-state index contributed by atoms with van der Waals surface area (Å²) in [6.45, 7) is 6.97. The van der Waals surface area contributed by atoms with E-state index >= 15 is 0 Å². The van der Waals surface area contributed by atoms with Gasteiger partial charge in [-0.3, -0.25) is 9.59 Å². The molecule has 34 heavy (non-hydrogen) atoms. The number of carbonyl (C=O) groups excluding carboxylic acids is 1. The lowest BCUT2D eigenvalue weighted by Gasteiger charge is -2.18. The van der Waals surface area contributed by atoms with E-state index in [1.807, 2.05) is 57.2 Å². The highest BCUT2D eigenvalue weighted by atomic mass is 19.1. The summed E-state index contributed by atoms with van der Waals surface area (Å²) >= 11 is 0. The maximum atomic E-state index is 14.5. The molecule has 0 aromatic heterocycles. The summed E-state index contributed by atoms with van der Waals surface area (Å²) in [5.41, 5.74) is 5.18. The normalized spacial score (nSPS) is 12.5. The lowest BCUT2D eigenvalue weighted by Crippen LogP contribution is -2.38. The number of ether oxygens (including phenoxy) is 1. The van der Waals surface area contributed by atoms with Gasteiger partial charge in [-0.25, -0.2) is 4.39 Å². The highest BCUT2D eigenvalue weighted by Gasteiger charge is 2.19. The molecule has 0 bridgehead atoms. The van der Waals surface area contributed by atoms with Gasteiger partial charge in [-0.2, -0.15) is 0 Å².